The summed E-state index contributed by atoms with van der Waals surface area (Å²) in [4.78, 5) is 7.99. The van der Waals surface area contributed by atoms with Gasteiger partial charge in [0.2, 0.25) is 0 Å². The van der Waals surface area contributed by atoms with Crippen molar-refractivity contribution in [1.82, 2.24) is 19.7 Å². The van der Waals surface area contributed by atoms with E-state index in [4.69, 9.17) is 0 Å². The number of H-pyrrole nitrogens is 1. The molecular weight excluding hydrogens is 377 g/mol. The molecule has 0 amide bonds. The Morgan fingerprint density at radius 2 is 1.93 bits per heavy atom. The molecule has 3 heterocycles. The van der Waals surface area contributed by atoms with Crippen LogP contribution in [0.2, 0.25) is 0 Å². The quantitative estimate of drug-likeness (QED) is 0.474. The zero-order chi connectivity index (χ0) is 20.2. The Kier molecular flexibility index (Phi) is 4.01. The molecule has 4 aromatic rings. The fraction of sp³-hybridized carbons (Fsp3) is 0.273. The van der Waals surface area contributed by atoms with Gasteiger partial charge in [-0.1, -0.05) is 29.8 Å². The third-order valence-corrected chi connectivity index (χ3v) is 5.53. The third kappa shape index (κ3) is 3.10. The van der Waals surface area contributed by atoms with Crippen LogP contribution in [0.25, 0.3) is 22.4 Å². The van der Waals surface area contributed by atoms with Crippen LogP contribution in [0, 0.1) is 6.92 Å². The molecule has 2 aromatic carbocycles. The maximum Gasteiger partial charge on any atom is 0.416 e. The molecule has 0 saturated carbocycles. The second-order valence-corrected chi connectivity index (χ2v) is 7.57. The molecule has 2 aromatic heterocycles. The van der Waals surface area contributed by atoms with Crippen molar-refractivity contribution in [1.29, 1.82) is 0 Å². The molecule has 1 aliphatic heterocycles. The van der Waals surface area contributed by atoms with Crippen LogP contribution in [0.15, 0.2) is 48.5 Å². The lowest BCUT2D eigenvalue weighted by Crippen LogP contribution is -2.21. The first-order valence-corrected chi connectivity index (χ1v) is 9.61. The van der Waals surface area contributed by atoms with E-state index in [2.05, 4.69) is 21.1 Å². The molecule has 1 unspecified atom stereocenters. The van der Waals surface area contributed by atoms with Crippen molar-refractivity contribution in [2.75, 3.05) is 0 Å². The van der Waals surface area contributed by atoms with Gasteiger partial charge in [0.25, 0.3) is 0 Å². The maximum atomic E-state index is 13.6. The van der Waals surface area contributed by atoms with Gasteiger partial charge in [-0.05, 0) is 49.6 Å². The molecule has 5 rings (SSSR count). The summed E-state index contributed by atoms with van der Waals surface area (Å²) in [6, 6.07) is 13.9. The van der Waals surface area contributed by atoms with E-state index in [0.29, 0.717) is 24.6 Å². The minimum atomic E-state index is -4.39. The number of aromatic amines is 1. The number of halogens is 3. The lowest BCUT2D eigenvalue weighted by Gasteiger charge is -2.25. The van der Waals surface area contributed by atoms with E-state index in [0.717, 1.165) is 34.6 Å². The normalized spacial score (nSPS) is 16.9. The summed E-state index contributed by atoms with van der Waals surface area (Å²) in [5, 5.41) is 5.66. The molecule has 29 heavy (non-hydrogen) atoms. The predicted octanol–water partition coefficient (Wildman–Crippen LogP) is 5.68. The molecule has 0 fully saturated rings. The van der Waals surface area contributed by atoms with Crippen molar-refractivity contribution in [2.45, 2.75) is 38.4 Å². The SMILES string of the molecule is Cc1ccc2[nH]c(-c3nc4n(n3)CCCC4c3ccccc3C(F)(F)F)cc2c1. The second kappa shape index (κ2) is 6.47. The largest absolute Gasteiger partial charge is 0.416 e. The number of aryl methyl sites for hydroxylation is 2. The van der Waals surface area contributed by atoms with Crippen molar-refractivity contribution in [3.8, 4) is 11.5 Å². The predicted molar refractivity (Wildman–Crippen MR) is 105 cm³/mol. The van der Waals surface area contributed by atoms with Crippen LogP contribution in [-0.2, 0) is 12.7 Å². The second-order valence-electron chi connectivity index (χ2n) is 7.57. The highest BCUT2D eigenvalue weighted by Gasteiger charge is 2.37. The molecule has 7 heteroatoms. The number of aromatic nitrogens is 4. The Labute approximate surface area is 165 Å². The third-order valence-electron chi connectivity index (χ3n) is 5.53. The lowest BCUT2D eigenvalue weighted by molar-refractivity contribution is -0.138. The minimum Gasteiger partial charge on any atom is -0.352 e. The van der Waals surface area contributed by atoms with E-state index in [-0.39, 0.29) is 5.56 Å². The van der Waals surface area contributed by atoms with Crippen LogP contribution in [0.1, 0.15) is 41.3 Å². The van der Waals surface area contributed by atoms with Crippen molar-refractivity contribution >= 4 is 10.9 Å². The number of nitrogens with one attached hydrogen (secondary N) is 1. The smallest absolute Gasteiger partial charge is 0.352 e. The van der Waals surface area contributed by atoms with Crippen molar-refractivity contribution < 1.29 is 13.2 Å². The number of benzene rings is 2. The molecule has 4 nitrogen and oxygen atoms in total. The van der Waals surface area contributed by atoms with Gasteiger partial charge in [0.15, 0.2) is 5.82 Å². The van der Waals surface area contributed by atoms with E-state index >= 15 is 0 Å². The average molecular weight is 396 g/mol. The maximum absolute atomic E-state index is 13.6. The summed E-state index contributed by atoms with van der Waals surface area (Å²) >= 11 is 0. The molecule has 0 spiro atoms. The van der Waals surface area contributed by atoms with Crippen LogP contribution in [0.3, 0.4) is 0 Å². The fourth-order valence-corrected chi connectivity index (χ4v) is 4.19. The van der Waals surface area contributed by atoms with E-state index in [9.17, 15) is 13.2 Å². The minimum absolute atomic E-state index is 0.271. The summed E-state index contributed by atoms with van der Waals surface area (Å²) in [6.45, 7) is 2.69. The Hall–Kier alpha value is -3.09. The Morgan fingerprint density at radius 1 is 1.10 bits per heavy atom. The first kappa shape index (κ1) is 18.0. The molecule has 0 aliphatic carbocycles. The van der Waals surface area contributed by atoms with Crippen LogP contribution in [0.4, 0.5) is 13.2 Å². The van der Waals surface area contributed by atoms with E-state index in [1.807, 2.05) is 25.1 Å². The van der Waals surface area contributed by atoms with Crippen molar-refractivity contribution in [3.05, 3.63) is 71.0 Å². The Morgan fingerprint density at radius 3 is 2.76 bits per heavy atom. The standard InChI is InChI=1S/C22H19F3N4/c1-13-8-9-18-14(11-13)12-19(26-18)20-27-21-16(6-4-10-29(21)28-20)15-5-2-3-7-17(15)22(23,24)25/h2-3,5,7-9,11-12,16,26H,4,6,10H2,1H3. The number of alkyl halides is 3. The van der Waals surface area contributed by atoms with Gasteiger partial charge in [0, 0.05) is 23.4 Å². The molecule has 0 saturated heterocycles. The van der Waals surface area contributed by atoms with Gasteiger partial charge < -0.3 is 4.98 Å². The van der Waals surface area contributed by atoms with E-state index < -0.39 is 17.7 Å². The molecule has 0 radical (unpaired) electrons. The molecule has 1 N–H and O–H groups in total. The zero-order valence-electron chi connectivity index (χ0n) is 15.8. The van der Waals surface area contributed by atoms with Crippen LogP contribution < -0.4 is 0 Å². The van der Waals surface area contributed by atoms with Crippen LogP contribution >= 0.6 is 0 Å². The average Bonchev–Trinajstić information content (AvgIpc) is 3.30. The topological polar surface area (TPSA) is 46.5 Å². The van der Waals surface area contributed by atoms with Gasteiger partial charge in [-0.2, -0.15) is 13.2 Å². The lowest BCUT2D eigenvalue weighted by atomic mass is 9.88. The molecule has 1 aliphatic rings. The number of hydrogen-bond acceptors (Lipinski definition) is 2. The van der Waals surface area contributed by atoms with Gasteiger partial charge in [0.1, 0.15) is 5.82 Å². The summed E-state index contributed by atoms with van der Waals surface area (Å²) < 4.78 is 42.4. The van der Waals surface area contributed by atoms with E-state index in [1.54, 1.807) is 16.8 Å². The number of hydrogen-bond donors (Lipinski definition) is 1. The first-order chi connectivity index (χ1) is 13.9. The van der Waals surface area contributed by atoms with Gasteiger partial charge in [-0.3, -0.25) is 0 Å². The highest BCUT2D eigenvalue weighted by atomic mass is 19.4. The summed E-state index contributed by atoms with van der Waals surface area (Å²) in [7, 11) is 0. The summed E-state index contributed by atoms with van der Waals surface area (Å²) in [6.07, 6.45) is -3.01. The monoisotopic (exact) mass is 396 g/mol. The first-order valence-electron chi connectivity index (χ1n) is 9.61. The molecule has 0 bridgehead atoms. The number of nitrogens with zero attached hydrogens (tertiary/aromatic N) is 3. The van der Waals surface area contributed by atoms with E-state index in [1.165, 1.54) is 6.07 Å². The summed E-state index contributed by atoms with van der Waals surface area (Å²) in [5.41, 5.74) is 2.59. The molecular formula is C22H19F3N4. The molecule has 148 valence electrons. The van der Waals surface area contributed by atoms with Gasteiger partial charge in [-0.15, -0.1) is 5.10 Å². The Balaban J connectivity index is 1.59. The summed E-state index contributed by atoms with van der Waals surface area (Å²) in [5.74, 6) is 0.692. The van der Waals surface area contributed by atoms with Gasteiger partial charge in [0.05, 0.1) is 11.3 Å². The van der Waals surface area contributed by atoms with Crippen molar-refractivity contribution in [3.63, 3.8) is 0 Å². The van der Waals surface area contributed by atoms with Crippen molar-refractivity contribution in [2.24, 2.45) is 0 Å². The van der Waals surface area contributed by atoms with Gasteiger partial charge >= 0.3 is 6.18 Å². The van der Waals surface area contributed by atoms with Gasteiger partial charge in [-0.25, -0.2) is 9.67 Å². The highest BCUT2D eigenvalue weighted by Crippen LogP contribution is 2.40. The van der Waals surface area contributed by atoms with Crippen LogP contribution in [0.5, 0.6) is 0 Å². The zero-order valence-corrected chi connectivity index (χ0v) is 15.8. The Bertz CT molecular complexity index is 1200. The highest BCUT2D eigenvalue weighted by molar-refractivity contribution is 5.85. The number of fused-ring (bicyclic) bond motifs is 2. The number of rotatable bonds is 2. The molecule has 1 atom stereocenters. The van der Waals surface area contributed by atoms with Crippen LogP contribution in [-0.4, -0.2) is 19.7 Å². The fourth-order valence-electron chi connectivity index (χ4n) is 4.19.